The summed E-state index contributed by atoms with van der Waals surface area (Å²) in [5.41, 5.74) is 10.3. The van der Waals surface area contributed by atoms with Gasteiger partial charge in [-0.3, -0.25) is 15.0 Å². The van der Waals surface area contributed by atoms with E-state index in [4.69, 9.17) is 5.73 Å². The highest BCUT2D eigenvalue weighted by molar-refractivity contribution is 6.51. The van der Waals surface area contributed by atoms with Crippen molar-refractivity contribution in [2.75, 3.05) is 0 Å². The Bertz CT molecular complexity index is 939. The second kappa shape index (κ2) is 8.58. The molecular weight excluding hydrogens is 338 g/mol. The minimum absolute atomic E-state index is 0.212. The van der Waals surface area contributed by atoms with Crippen LogP contribution in [-0.4, -0.2) is 17.4 Å². The Balaban J connectivity index is 1.97. The zero-order valence-electron chi connectivity index (χ0n) is 14.6. The molecule has 0 radical (unpaired) electrons. The summed E-state index contributed by atoms with van der Waals surface area (Å²) in [5.74, 6) is -0.824. The summed E-state index contributed by atoms with van der Waals surface area (Å²) in [5, 5.41) is 4.28. The number of hydrogen-bond donors (Lipinski definition) is 2. The Morgan fingerprint density at radius 1 is 0.741 bits per heavy atom. The number of nitrogens with zero attached hydrogens (tertiary/aromatic N) is 1. The lowest BCUT2D eigenvalue weighted by Crippen LogP contribution is -2.32. The SMILES string of the molecule is NC(=O)C(N/N=C(/C(=O)c1ccccc1)c1ccccc1)c1ccccc1. The van der Waals surface area contributed by atoms with Crippen LogP contribution < -0.4 is 11.2 Å². The van der Waals surface area contributed by atoms with E-state index in [1.165, 1.54) is 0 Å². The molecule has 0 aliphatic carbocycles. The van der Waals surface area contributed by atoms with Crippen LogP contribution in [0.25, 0.3) is 0 Å². The average Bonchev–Trinajstić information content (AvgIpc) is 2.72. The van der Waals surface area contributed by atoms with Gasteiger partial charge in [-0.25, -0.2) is 0 Å². The van der Waals surface area contributed by atoms with E-state index in [0.29, 0.717) is 16.7 Å². The Hall–Kier alpha value is -3.73. The monoisotopic (exact) mass is 357 g/mol. The van der Waals surface area contributed by atoms with Gasteiger partial charge in [0.2, 0.25) is 11.7 Å². The highest BCUT2D eigenvalue weighted by Crippen LogP contribution is 2.14. The van der Waals surface area contributed by atoms with Crippen molar-refractivity contribution in [2.45, 2.75) is 6.04 Å². The van der Waals surface area contributed by atoms with Crippen LogP contribution in [0.4, 0.5) is 0 Å². The van der Waals surface area contributed by atoms with E-state index in [1.807, 2.05) is 42.5 Å². The van der Waals surface area contributed by atoms with E-state index in [0.717, 1.165) is 0 Å². The number of Topliss-reactive ketones (excluding diaryl/α,β-unsaturated/α-hetero) is 1. The Morgan fingerprint density at radius 3 is 1.74 bits per heavy atom. The topological polar surface area (TPSA) is 84.6 Å². The summed E-state index contributed by atoms with van der Waals surface area (Å²) >= 11 is 0. The predicted octanol–water partition coefficient (Wildman–Crippen LogP) is 3.09. The molecule has 1 atom stereocenters. The highest BCUT2D eigenvalue weighted by atomic mass is 16.1. The first kappa shape index (κ1) is 18.1. The smallest absolute Gasteiger partial charge is 0.246 e. The molecule has 1 amide bonds. The van der Waals surface area contributed by atoms with Gasteiger partial charge in [0.1, 0.15) is 11.8 Å². The first-order chi connectivity index (χ1) is 13.2. The van der Waals surface area contributed by atoms with Crippen molar-refractivity contribution in [1.29, 1.82) is 0 Å². The number of rotatable bonds is 7. The fraction of sp³-hybridized carbons (Fsp3) is 0.0455. The zero-order valence-corrected chi connectivity index (χ0v) is 14.6. The third-order valence-electron chi connectivity index (χ3n) is 4.02. The first-order valence-electron chi connectivity index (χ1n) is 8.49. The molecule has 3 aromatic rings. The van der Waals surface area contributed by atoms with Gasteiger partial charge in [-0.05, 0) is 5.56 Å². The third-order valence-corrected chi connectivity index (χ3v) is 4.02. The number of nitrogens with one attached hydrogen (secondary N) is 1. The summed E-state index contributed by atoms with van der Waals surface area (Å²) in [6.07, 6.45) is 0. The van der Waals surface area contributed by atoms with Crippen molar-refractivity contribution < 1.29 is 9.59 Å². The average molecular weight is 357 g/mol. The minimum Gasteiger partial charge on any atom is -0.368 e. The third kappa shape index (κ3) is 4.46. The second-order valence-corrected chi connectivity index (χ2v) is 5.90. The van der Waals surface area contributed by atoms with Crippen molar-refractivity contribution in [3.63, 3.8) is 0 Å². The lowest BCUT2D eigenvalue weighted by Gasteiger charge is -2.15. The highest BCUT2D eigenvalue weighted by Gasteiger charge is 2.20. The maximum absolute atomic E-state index is 13.0. The molecule has 0 aliphatic rings. The number of ketones is 1. The summed E-state index contributed by atoms with van der Waals surface area (Å²) < 4.78 is 0. The van der Waals surface area contributed by atoms with Crippen molar-refractivity contribution in [3.05, 3.63) is 108 Å². The van der Waals surface area contributed by atoms with Gasteiger partial charge < -0.3 is 5.73 Å². The van der Waals surface area contributed by atoms with Crippen LogP contribution >= 0.6 is 0 Å². The number of nitrogens with two attached hydrogens (primary N) is 1. The first-order valence-corrected chi connectivity index (χ1v) is 8.49. The van der Waals surface area contributed by atoms with Crippen LogP contribution in [0.15, 0.2) is 96.1 Å². The van der Waals surface area contributed by atoms with Gasteiger partial charge in [0.15, 0.2) is 0 Å². The summed E-state index contributed by atoms with van der Waals surface area (Å²) in [4.78, 5) is 24.9. The molecule has 3 rings (SSSR count). The molecule has 0 saturated carbocycles. The maximum Gasteiger partial charge on any atom is 0.246 e. The van der Waals surface area contributed by atoms with Crippen LogP contribution in [0.5, 0.6) is 0 Å². The molecule has 0 bridgehead atoms. The molecule has 0 heterocycles. The maximum atomic E-state index is 13.0. The molecule has 5 nitrogen and oxygen atoms in total. The Labute approximate surface area is 157 Å². The standard InChI is InChI=1S/C22H19N3O2/c23-22(27)20(17-12-6-2-7-13-17)25-24-19(16-10-4-1-5-11-16)21(26)18-14-8-3-9-15-18/h1-15,20,25H,(H2,23,27)/b24-19+. The normalized spacial score (nSPS) is 12.2. The van der Waals surface area contributed by atoms with E-state index in [1.54, 1.807) is 48.5 Å². The molecule has 5 heteroatoms. The van der Waals surface area contributed by atoms with Crippen LogP contribution in [0.3, 0.4) is 0 Å². The summed E-state index contributed by atoms with van der Waals surface area (Å²) in [6.45, 7) is 0. The molecule has 134 valence electrons. The molecule has 0 aromatic heterocycles. The molecule has 3 N–H and O–H groups in total. The fourth-order valence-corrected chi connectivity index (χ4v) is 2.65. The molecule has 1 unspecified atom stereocenters. The van der Waals surface area contributed by atoms with Gasteiger partial charge in [0.25, 0.3) is 0 Å². The van der Waals surface area contributed by atoms with Crippen molar-refractivity contribution in [1.82, 2.24) is 5.43 Å². The molecule has 3 aromatic carbocycles. The molecule has 0 fully saturated rings. The number of carbonyl (C=O) groups excluding carboxylic acids is 2. The van der Waals surface area contributed by atoms with Crippen molar-refractivity contribution in [3.8, 4) is 0 Å². The van der Waals surface area contributed by atoms with Gasteiger partial charge in [0, 0.05) is 11.1 Å². The zero-order chi connectivity index (χ0) is 19.1. The fourth-order valence-electron chi connectivity index (χ4n) is 2.65. The predicted molar refractivity (Wildman–Crippen MR) is 105 cm³/mol. The van der Waals surface area contributed by atoms with Crippen LogP contribution in [0.1, 0.15) is 27.5 Å². The summed E-state index contributed by atoms with van der Waals surface area (Å²) in [7, 11) is 0. The molecular formula is C22H19N3O2. The molecule has 0 saturated heterocycles. The number of primary amides is 1. The Kier molecular flexibility index (Phi) is 5.74. The molecule has 0 aliphatic heterocycles. The largest absolute Gasteiger partial charge is 0.368 e. The second-order valence-electron chi connectivity index (χ2n) is 5.90. The minimum atomic E-state index is -0.839. The van der Waals surface area contributed by atoms with Crippen LogP contribution in [0, 0.1) is 0 Å². The van der Waals surface area contributed by atoms with Gasteiger partial charge in [-0.15, -0.1) is 0 Å². The van der Waals surface area contributed by atoms with E-state index >= 15 is 0 Å². The Morgan fingerprint density at radius 2 is 1.22 bits per heavy atom. The van der Waals surface area contributed by atoms with Gasteiger partial charge in [0.05, 0.1) is 0 Å². The molecule has 0 spiro atoms. The van der Waals surface area contributed by atoms with E-state index in [9.17, 15) is 9.59 Å². The van der Waals surface area contributed by atoms with E-state index in [2.05, 4.69) is 10.5 Å². The number of hydrazone groups is 1. The summed E-state index contributed by atoms with van der Waals surface area (Å²) in [6, 6.07) is 26.2. The number of amides is 1. The van der Waals surface area contributed by atoms with Crippen LogP contribution in [-0.2, 0) is 4.79 Å². The quantitative estimate of drug-likeness (QED) is 0.387. The van der Waals surface area contributed by atoms with Gasteiger partial charge in [-0.1, -0.05) is 91.0 Å². The molecule has 27 heavy (non-hydrogen) atoms. The van der Waals surface area contributed by atoms with E-state index in [-0.39, 0.29) is 11.5 Å². The van der Waals surface area contributed by atoms with Crippen molar-refractivity contribution >= 4 is 17.4 Å². The van der Waals surface area contributed by atoms with Gasteiger partial charge >= 0.3 is 0 Å². The van der Waals surface area contributed by atoms with Gasteiger partial charge in [-0.2, -0.15) is 5.10 Å². The number of hydrogen-bond acceptors (Lipinski definition) is 4. The lowest BCUT2D eigenvalue weighted by molar-refractivity contribution is -0.120. The van der Waals surface area contributed by atoms with E-state index < -0.39 is 11.9 Å². The number of carbonyl (C=O) groups is 2. The van der Waals surface area contributed by atoms with Crippen LogP contribution in [0.2, 0.25) is 0 Å². The number of benzene rings is 3. The van der Waals surface area contributed by atoms with Crippen molar-refractivity contribution in [2.24, 2.45) is 10.8 Å². The lowest BCUT2D eigenvalue weighted by atomic mass is 10.0.